The van der Waals surface area contributed by atoms with Gasteiger partial charge in [-0.15, -0.1) is 0 Å². The lowest BCUT2D eigenvalue weighted by atomic mass is 9.93. The number of aliphatic hydroxyl groups excluding tert-OH is 1. The van der Waals surface area contributed by atoms with Gasteiger partial charge in [0.2, 0.25) is 0 Å². The maximum atomic E-state index is 11.2. The lowest BCUT2D eigenvalue weighted by molar-refractivity contribution is -0.121. The van der Waals surface area contributed by atoms with Crippen LogP contribution in [0.3, 0.4) is 0 Å². The number of aliphatic hydroxyl groups is 1. The normalized spacial score (nSPS) is 17.4. The van der Waals surface area contributed by atoms with Crippen LogP contribution >= 0.6 is 0 Å². The summed E-state index contributed by atoms with van der Waals surface area (Å²) in [5.41, 5.74) is 2.20. The minimum absolute atomic E-state index is 0.0981. The summed E-state index contributed by atoms with van der Waals surface area (Å²) in [6.45, 7) is 1.01. The highest BCUT2D eigenvalue weighted by molar-refractivity contribution is 5.79. The Morgan fingerprint density at radius 2 is 1.72 bits per heavy atom. The number of benzene rings is 1. The number of rotatable bonds is 4. The highest BCUT2D eigenvalue weighted by atomic mass is 16.3. The van der Waals surface area contributed by atoms with Crippen LogP contribution in [0.2, 0.25) is 0 Å². The van der Waals surface area contributed by atoms with Gasteiger partial charge in [0.05, 0.1) is 6.61 Å². The summed E-state index contributed by atoms with van der Waals surface area (Å²) in [6, 6.07) is 8.59. The summed E-state index contributed by atoms with van der Waals surface area (Å²) < 4.78 is 0. The molecule has 1 N–H and O–H groups in total. The third-order valence-electron chi connectivity index (χ3n) is 3.77. The predicted molar refractivity (Wildman–Crippen MR) is 71.1 cm³/mol. The molecule has 1 saturated carbocycles. The van der Waals surface area contributed by atoms with Crippen LogP contribution in [0.15, 0.2) is 24.3 Å². The summed E-state index contributed by atoms with van der Waals surface area (Å²) in [5, 5.41) is 9.00. The summed E-state index contributed by atoms with van der Waals surface area (Å²) >= 11 is 0. The first-order chi connectivity index (χ1) is 8.69. The minimum atomic E-state index is 0.0981. The molecule has 98 valence electrons. The first-order valence-corrected chi connectivity index (χ1v) is 6.59. The fourth-order valence-corrected chi connectivity index (χ4v) is 2.53. The van der Waals surface area contributed by atoms with E-state index < -0.39 is 0 Å². The van der Waals surface area contributed by atoms with E-state index in [0.717, 1.165) is 37.8 Å². The molecule has 3 heteroatoms. The lowest BCUT2D eigenvalue weighted by Gasteiger charge is -2.30. The third-order valence-corrected chi connectivity index (χ3v) is 3.77. The van der Waals surface area contributed by atoms with Crippen LogP contribution in [-0.2, 0) is 17.9 Å². The number of carbonyl (C=O) groups excluding carboxylic acids is 1. The van der Waals surface area contributed by atoms with E-state index >= 15 is 0 Å². The molecule has 2 rings (SSSR count). The average molecular weight is 247 g/mol. The van der Waals surface area contributed by atoms with Crippen molar-refractivity contribution in [3.63, 3.8) is 0 Å². The Morgan fingerprint density at radius 1 is 1.17 bits per heavy atom. The molecular formula is C15H21NO2. The van der Waals surface area contributed by atoms with E-state index in [9.17, 15) is 4.79 Å². The van der Waals surface area contributed by atoms with E-state index in [1.807, 2.05) is 12.1 Å². The molecule has 1 fully saturated rings. The maximum Gasteiger partial charge on any atom is 0.133 e. The second-order valence-corrected chi connectivity index (χ2v) is 5.16. The van der Waals surface area contributed by atoms with Crippen LogP contribution in [0.5, 0.6) is 0 Å². The van der Waals surface area contributed by atoms with Gasteiger partial charge >= 0.3 is 0 Å². The molecule has 1 aromatic rings. The Labute approximate surface area is 108 Å². The number of hydrogen-bond donors (Lipinski definition) is 1. The van der Waals surface area contributed by atoms with Gasteiger partial charge in [0.15, 0.2) is 0 Å². The van der Waals surface area contributed by atoms with Gasteiger partial charge in [-0.05, 0) is 31.0 Å². The second-order valence-electron chi connectivity index (χ2n) is 5.16. The van der Waals surface area contributed by atoms with E-state index in [1.54, 1.807) is 0 Å². The van der Waals surface area contributed by atoms with Crippen molar-refractivity contribution < 1.29 is 9.90 Å². The number of ketones is 1. The van der Waals surface area contributed by atoms with Gasteiger partial charge in [-0.1, -0.05) is 24.3 Å². The average Bonchev–Trinajstić information content (AvgIpc) is 2.40. The van der Waals surface area contributed by atoms with Crippen molar-refractivity contribution in [2.45, 2.75) is 44.9 Å². The summed E-state index contributed by atoms with van der Waals surface area (Å²) in [4.78, 5) is 13.6. The molecule has 0 saturated heterocycles. The predicted octanol–water partition coefficient (Wildman–Crippen LogP) is 2.12. The summed E-state index contributed by atoms with van der Waals surface area (Å²) in [6.07, 6.45) is 3.45. The van der Waals surface area contributed by atoms with Crippen molar-refractivity contribution in [1.29, 1.82) is 0 Å². The zero-order chi connectivity index (χ0) is 13.0. The van der Waals surface area contributed by atoms with Crippen molar-refractivity contribution in [3.8, 4) is 0 Å². The van der Waals surface area contributed by atoms with Crippen molar-refractivity contribution in [2.24, 2.45) is 0 Å². The Morgan fingerprint density at radius 3 is 2.28 bits per heavy atom. The Bertz CT molecular complexity index is 389. The van der Waals surface area contributed by atoms with Crippen LogP contribution < -0.4 is 0 Å². The zero-order valence-corrected chi connectivity index (χ0v) is 10.9. The standard InChI is InChI=1S/C15H21NO2/c1-16(14-6-8-15(18)9-7-14)10-12-2-4-13(11-17)5-3-12/h2-5,14,17H,6-11H2,1H3. The van der Waals surface area contributed by atoms with Crippen molar-refractivity contribution >= 4 is 5.78 Å². The van der Waals surface area contributed by atoms with Gasteiger partial charge in [0, 0.05) is 25.4 Å². The van der Waals surface area contributed by atoms with Gasteiger partial charge in [0.25, 0.3) is 0 Å². The van der Waals surface area contributed by atoms with E-state index in [4.69, 9.17) is 5.11 Å². The van der Waals surface area contributed by atoms with Gasteiger partial charge in [-0.2, -0.15) is 0 Å². The molecule has 0 radical (unpaired) electrons. The molecule has 0 aromatic heterocycles. The Hall–Kier alpha value is -1.19. The molecule has 0 aliphatic heterocycles. The molecule has 0 bridgehead atoms. The molecule has 0 atom stereocenters. The van der Waals surface area contributed by atoms with E-state index in [0.29, 0.717) is 11.8 Å². The van der Waals surface area contributed by atoms with Gasteiger partial charge < -0.3 is 5.11 Å². The largest absolute Gasteiger partial charge is 0.392 e. The first kappa shape index (κ1) is 13.2. The number of nitrogens with zero attached hydrogens (tertiary/aromatic N) is 1. The number of Topliss-reactive ketones (excluding diaryl/α,β-unsaturated/α-hetero) is 1. The molecule has 0 spiro atoms. The van der Waals surface area contributed by atoms with E-state index in [1.165, 1.54) is 5.56 Å². The molecule has 1 aromatic carbocycles. The fourth-order valence-electron chi connectivity index (χ4n) is 2.53. The van der Waals surface area contributed by atoms with Crippen LogP contribution in [0.4, 0.5) is 0 Å². The molecule has 0 heterocycles. The molecule has 1 aliphatic rings. The Kier molecular flexibility index (Phi) is 4.50. The zero-order valence-electron chi connectivity index (χ0n) is 10.9. The molecule has 0 amide bonds. The van der Waals surface area contributed by atoms with Crippen LogP contribution in [-0.4, -0.2) is 28.9 Å². The van der Waals surface area contributed by atoms with E-state index in [2.05, 4.69) is 24.1 Å². The minimum Gasteiger partial charge on any atom is -0.392 e. The van der Waals surface area contributed by atoms with Gasteiger partial charge in [0.1, 0.15) is 5.78 Å². The summed E-state index contributed by atoms with van der Waals surface area (Å²) in [7, 11) is 2.13. The maximum absolute atomic E-state index is 11.2. The number of carbonyl (C=O) groups is 1. The Balaban J connectivity index is 1.89. The van der Waals surface area contributed by atoms with Crippen molar-refractivity contribution in [1.82, 2.24) is 4.90 Å². The molecule has 3 nitrogen and oxygen atoms in total. The lowest BCUT2D eigenvalue weighted by Crippen LogP contribution is -2.34. The third kappa shape index (κ3) is 3.40. The highest BCUT2D eigenvalue weighted by Gasteiger charge is 2.21. The monoisotopic (exact) mass is 247 g/mol. The SMILES string of the molecule is CN(Cc1ccc(CO)cc1)C1CCC(=O)CC1. The fraction of sp³-hybridized carbons (Fsp3) is 0.533. The van der Waals surface area contributed by atoms with Crippen LogP contribution in [0.25, 0.3) is 0 Å². The molecular weight excluding hydrogens is 226 g/mol. The van der Waals surface area contributed by atoms with Gasteiger partial charge in [-0.3, -0.25) is 9.69 Å². The molecule has 1 aliphatic carbocycles. The van der Waals surface area contributed by atoms with Gasteiger partial charge in [-0.25, -0.2) is 0 Å². The second kappa shape index (κ2) is 6.12. The summed E-state index contributed by atoms with van der Waals surface area (Å²) in [5.74, 6) is 0.409. The topological polar surface area (TPSA) is 40.5 Å². The van der Waals surface area contributed by atoms with Crippen molar-refractivity contribution in [3.05, 3.63) is 35.4 Å². The molecule has 0 unspecified atom stereocenters. The van der Waals surface area contributed by atoms with Crippen LogP contribution in [0, 0.1) is 0 Å². The first-order valence-electron chi connectivity index (χ1n) is 6.59. The van der Waals surface area contributed by atoms with E-state index in [-0.39, 0.29) is 6.61 Å². The molecule has 18 heavy (non-hydrogen) atoms. The highest BCUT2D eigenvalue weighted by Crippen LogP contribution is 2.21. The van der Waals surface area contributed by atoms with Crippen molar-refractivity contribution in [2.75, 3.05) is 7.05 Å². The smallest absolute Gasteiger partial charge is 0.133 e. The number of hydrogen-bond acceptors (Lipinski definition) is 3. The quantitative estimate of drug-likeness (QED) is 0.886. The van der Waals surface area contributed by atoms with Crippen LogP contribution in [0.1, 0.15) is 36.8 Å².